The molecule has 62 heavy (non-hydrogen) atoms. The Morgan fingerprint density at radius 2 is 1.42 bits per heavy atom. The highest BCUT2D eigenvalue weighted by Crippen LogP contribution is 2.72. The topological polar surface area (TPSA) is 255 Å². The third kappa shape index (κ3) is 7.37. The van der Waals surface area contributed by atoms with Gasteiger partial charge in [0.05, 0.1) is 30.8 Å². The second-order valence-corrected chi connectivity index (χ2v) is 21.8. The van der Waals surface area contributed by atoms with Crippen LogP contribution >= 0.6 is 0 Å². The summed E-state index contributed by atoms with van der Waals surface area (Å²) >= 11 is 0. The molecule has 16 nitrogen and oxygen atoms in total. The minimum Gasteiger partial charge on any atom is -0.432 e. The molecular formula is C46H74O16. The summed E-state index contributed by atoms with van der Waals surface area (Å²) in [5, 5.41) is 94.6. The number of aliphatic hydroxyl groups is 9. The summed E-state index contributed by atoms with van der Waals surface area (Å²) in [6.07, 6.45) is -9.99. The van der Waals surface area contributed by atoms with Crippen molar-refractivity contribution in [1.82, 2.24) is 0 Å². The van der Waals surface area contributed by atoms with Crippen molar-refractivity contribution in [3.8, 4) is 0 Å². The molecule has 0 spiro atoms. The molecule has 5 unspecified atom stereocenters. The molecule has 3 aliphatic heterocycles. The van der Waals surface area contributed by atoms with Gasteiger partial charge < -0.3 is 74.4 Å². The van der Waals surface area contributed by atoms with Gasteiger partial charge in [-0.2, -0.15) is 0 Å². The zero-order valence-electron chi connectivity index (χ0n) is 37.4. The van der Waals surface area contributed by atoms with E-state index in [0.717, 1.165) is 38.5 Å². The molecule has 354 valence electrons. The number of carbonyl (C=O) groups is 1. The van der Waals surface area contributed by atoms with E-state index >= 15 is 0 Å². The highest BCUT2D eigenvalue weighted by atomic mass is 16.8. The maximum Gasteiger partial charge on any atom is 0.315 e. The monoisotopic (exact) mass is 882 g/mol. The zero-order chi connectivity index (χ0) is 45.0. The molecule has 8 rings (SSSR count). The number of ether oxygens (including phenoxy) is 6. The normalized spacial score (nSPS) is 55.1. The van der Waals surface area contributed by atoms with Crippen molar-refractivity contribution in [1.29, 1.82) is 0 Å². The molecule has 5 aliphatic carbocycles. The summed E-state index contributed by atoms with van der Waals surface area (Å²) in [7, 11) is 0. The Labute approximate surface area is 364 Å². The van der Waals surface area contributed by atoms with Crippen LogP contribution in [0.4, 0.5) is 0 Å². The molecule has 8 aliphatic rings. The molecule has 7 fully saturated rings. The van der Waals surface area contributed by atoms with Crippen LogP contribution in [-0.4, -0.2) is 157 Å². The Morgan fingerprint density at radius 1 is 0.726 bits per heavy atom. The van der Waals surface area contributed by atoms with Crippen LogP contribution in [0.1, 0.15) is 106 Å². The molecule has 0 radical (unpaired) electrons. The van der Waals surface area contributed by atoms with Crippen molar-refractivity contribution in [3.05, 3.63) is 11.6 Å². The van der Waals surface area contributed by atoms with Crippen LogP contribution in [-0.2, 0) is 33.2 Å². The third-order valence-corrected chi connectivity index (χ3v) is 18.4. The molecule has 0 aromatic carbocycles. The third-order valence-electron chi connectivity index (χ3n) is 18.4. The first kappa shape index (κ1) is 47.2. The Hall–Kier alpha value is -1.35. The maximum absolute atomic E-state index is 14.6. The van der Waals surface area contributed by atoms with Crippen molar-refractivity contribution < 1.29 is 79.2 Å². The van der Waals surface area contributed by atoms with Crippen molar-refractivity contribution in [2.75, 3.05) is 13.2 Å². The van der Waals surface area contributed by atoms with E-state index in [2.05, 4.69) is 47.6 Å². The number of aliphatic hydroxyl groups excluding tert-OH is 9. The number of esters is 1. The van der Waals surface area contributed by atoms with E-state index in [1.165, 1.54) is 12.5 Å². The van der Waals surface area contributed by atoms with Gasteiger partial charge in [0.2, 0.25) is 6.29 Å². The van der Waals surface area contributed by atoms with Crippen molar-refractivity contribution in [3.63, 3.8) is 0 Å². The fourth-order valence-corrected chi connectivity index (χ4v) is 14.4. The molecule has 0 aromatic heterocycles. The molecule has 0 amide bonds. The number of carbonyl (C=O) groups excluding carboxylic acids is 1. The van der Waals surface area contributed by atoms with E-state index < -0.39 is 104 Å². The number of hydrogen-bond donors (Lipinski definition) is 9. The van der Waals surface area contributed by atoms with Gasteiger partial charge in [-0.05, 0) is 116 Å². The molecule has 3 heterocycles. The Bertz CT molecular complexity index is 1660. The molecular weight excluding hydrogens is 808 g/mol. The number of hydrogen-bond acceptors (Lipinski definition) is 16. The summed E-state index contributed by atoms with van der Waals surface area (Å²) in [5.74, 6) is 0.988. The van der Waals surface area contributed by atoms with E-state index in [1.807, 2.05) is 0 Å². The van der Waals surface area contributed by atoms with Gasteiger partial charge in [-0.25, -0.2) is 0 Å². The minimum absolute atomic E-state index is 0.0500. The van der Waals surface area contributed by atoms with Gasteiger partial charge in [0, 0.05) is 0 Å². The van der Waals surface area contributed by atoms with Gasteiger partial charge >= 0.3 is 5.97 Å². The highest BCUT2D eigenvalue weighted by molar-refractivity contribution is 5.79. The fourth-order valence-electron chi connectivity index (χ4n) is 14.4. The molecule has 9 N–H and O–H groups in total. The lowest BCUT2D eigenvalue weighted by Crippen LogP contribution is -2.64. The first-order chi connectivity index (χ1) is 29.1. The average Bonchev–Trinajstić information content (AvgIpc) is 3.23. The van der Waals surface area contributed by atoms with E-state index in [-0.39, 0.29) is 46.7 Å². The molecule has 0 bridgehead atoms. The summed E-state index contributed by atoms with van der Waals surface area (Å²) < 4.78 is 36.2. The van der Waals surface area contributed by atoms with Crippen molar-refractivity contribution >= 4 is 5.97 Å². The summed E-state index contributed by atoms with van der Waals surface area (Å²) in [5.41, 5.74) is -0.0872. The number of allylic oxidation sites excluding steroid dienone is 2. The predicted octanol–water partition coefficient (Wildman–Crippen LogP) is 1.27. The summed E-state index contributed by atoms with van der Waals surface area (Å²) in [6, 6.07) is 0. The van der Waals surface area contributed by atoms with Gasteiger partial charge in [0.1, 0.15) is 61.0 Å². The van der Waals surface area contributed by atoms with Crippen LogP contribution in [0, 0.1) is 57.2 Å². The van der Waals surface area contributed by atoms with Crippen LogP contribution in [0.3, 0.4) is 0 Å². The fraction of sp³-hybridized carbons (Fsp3) is 0.935. The highest BCUT2D eigenvalue weighted by Gasteiger charge is 2.67. The number of rotatable bonds is 7. The zero-order valence-corrected chi connectivity index (χ0v) is 37.4. The minimum atomic E-state index is -1.67. The lowest BCUT2D eigenvalue weighted by Gasteiger charge is -2.67. The van der Waals surface area contributed by atoms with Gasteiger partial charge in [0.15, 0.2) is 12.6 Å². The van der Waals surface area contributed by atoms with Crippen molar-refractivity contribution in [2.24, 2.45) is 57.2 Å². The van der Waals surface area contributed by atoms with Gasteiger partial charge in [-0.1, -0.05) is 53.2 Å². The smallest absolute Gasteiger partial charge is 0.315 e. The Morgan fingerprint density at radius 3 is 2.13 bits per heavy atom. The second-order valence-electron chi connectivity index (χ2n) is 21.8. The largest absolute Gasteiger partial charge is 0.432 e. The Kier molecular flexibility index (Phi) is 13.0. The van der Waals surface area contributed by atoms with Gasteiger partial charge in [0.25, 0.3) is 0 Å². The van der Waals surface area contributed by atoms with E-state index in [1.54, 1.807) is 0 Å². The molecule has 16 heteroatoms. The van der Waals surface area contributed by atoms with Gasteiger partial charge in [-0.3, -0.25) is 4.79 Å². The van der Waals surface area contributed by atoms with E-state index in [4.69, 9.17) is 28.4 Å². The summed E-state index contributed by atoms with van der Waals surface area (Å²) in [6.45, 7) is 14.6. The van der Waals surface area contributed by atoms with Crippen LogP contribution in [0.2, 0.25) is 0 Å². The van der Waals surface area contributed by atoms with Crippen molar-refractivity contribution in [2.45, 2.75) is 198 Å². The molecule has 3 saturated heterocycles. The lowest BCUT2D eigenvalue weighted by molar-refractivity contribution is -0.364. The SMILES string of the molecule is C[C@@H]1CC[C@]2(C(=O)O[C@@H]3O[C@H](CO)[C@@H](O)[C@H](O)[C@H]3O)CC[C@]3(C)C(=CCC4C3CCC3C(C)(C)C(O[C@@H]5OC[C@H](O)[C@H](O)[C@H]5O[C@@H]5O[C@@H](C)[C@H](O)[C@@H](O)[C@H]5O)CC[C@]43C)C2[C@H]1C. The van der Waals surface area contributed by atoms with Crippen LogP contribution < -0.4 is 0 Å². The van der Waals surface area contributed by atoms with Gasteiger partial charge in [-0.15, -0.1) is 0 Å². The molecule has 24 atom stereocenters. The molecule has 4 saturated carbocycles. The lowest BCUT2D eigenvalue weighted by atomic mass is 9.37. The standard InChI is InChI=1S/C46H74O16/c1-20-12-15-46(42(56)62-40-37(55)35(53)33(51)27(18-47)59-40)17-16-44(6)23-10-11-28-43(4,5)29(13-14-45(28,7)24(23)8-9-25(44)30(46)21(20)2)60-41-38(32(50)26(48)19-57-41)61-39-36(54)34(52)31(49)22(3)58-39/h9,20-24,26-41,47-55H,8,10-19H2,1-7H3/t20-,21+,22+,23?,24?,26+,27-,28?,29?,30?,31+,32+,33-,34-,35+,36-,37-,38-,39+,40+,41+,44+,45-,46+/m1/s1. The summed E-state index contributed by atoms with van der Waals surface area (Å²) in [4.78, 5) is 14.6. The quantitative estimate of drug-likeness (QED) is 0.0992. The average molecular weight is 883 g/mol. The van der Waals surface area contributed by atoms with E-state index in [9.17, 15) is 50.8 Å². The maximum atomic E-state index is 14.6. The second kappa shape index (κ2) is 17.1. The van der Waals surface area contributed by atoms with Crippen LogP contribution in [0.15, 0.2) is 11.6 Å². The van der Waals surface area contributed by atoms with Crippen LogP contribution in [0.25, 0.3) is 0 Å². The van der Waals surface area contributed by atoms with E-state index in [0.29, 0.717) is 37.0 Å². The Balaban J connectivity index is 1.02. The first-order valence-corrected chi connectivity index (χ1v) is 23.3. The first-order valence-electron chi connectivity index (χ1n) is 23.3. The molecule has 0 aromatic rings. The predicted molar refractivity (Wildman–Crippen MR) is 218 cm³/mol. The number of fused-ring (bicyclic) bond motifs is 7. The van der Waals surface area contributed by atoms with Crippen LogP contribution in [0.5, 0.6) is 0 Å².